The van der Waals surface area contributed by atoms with Crippen molar-refractivity contribution in [3.63, 3.8) is 0 Å². The molecule has 0 aliphatic heterocycles. The molecule has 94 valence electrons. The Balaban J connectivity index is 2.19. The Kier molecular flexibility index (Phi) is 3.90. The van der Waals surface area contributed by atoms with Gasteiger partial charge in [-0.05, 0) is 31.0 Å². The quantitative estimate of drug-likeness (QED) is 0.828. The summed E-state index contributed by atoms with van der Waals surface area (Å²) < 4.78 is 0. The fourth-order valence-corrected chi connectivity index (χ4v) is 1.94. The Bertz CT molecular complexity index is 526. The standard InChI is InChI=1S/C14H14ClNO2/c1-16(12-6-7-12)14(18)11-5-4-10(3-2-8-17)13(15)9-11/h4-5,9,12,17H,6-8H2,1H3. The number of aliphatic hydroxyl groups is 1. The van der Waals surface area contributed by atoms with E-state index in [9.17, 15) is 4.79 Å². The fourth-order valence-electron chi connectivity index (χ4n) is 1.72. The van der Waals surface area contributed by atoms with Gasteiger partial charge in [0.05, 0.1) is 5.02 Å². The number of halogens is 1. The molecule has 1 aromatic rings. The molecular formula is C14H14ClNO2. The number of carbonyl (C=O) groups is 1. The Hall–Kier alpha value is -1.50. The highest BCUT2D eigenvalue weighted by Crippen LogP contribution is 2.27. The molecule has 2 rings (SSSR count). The predicted molar refractivity (Wildman–Crippen MR) is 70.5 cm³/mol. The summed E-state index contributed by atoms with van der Waals surface area (Å²) in [4.78, 5) is 13.8. The maximum absolute atomic E-state index is 12.1. The maximum Gasteiger partial charge on any atom is 0.253 e. The third kappa shape index (κ3) is 2.84. The average Bonchev–Trinajstić information content (AvgIpc) is 3.19. The van der Waals surface area contributed by atoms with Crippen LogP contribution in [-0.2, 0) is 0 Å². The van der Waals surface area contributed by atoms with Crippen molar-refractivity contribution < 1.29 is 9.90 Å². The Morgan fingerprint density at radius 1 is 1.56 bits per heavy atom. The molecule has 0 aromatic heterocycles. The second kappa shape index (κ2) is 5.43. The van der Waals surface area contributed by atoms with Gasteiger partial charge in [0, 0.05) is 24.2 Å². The van der Waals surface area contributed by atoms with Gasteiger partial charge in [-0.1, -0.05) is 23.4 Å². The lowest BCUT2D eigenvalue weighted by Gasteiger charge is -2.16. The molecule has 3 nitrogen and oxygen atoms in total. The van der Waals surface area contributed by atoms with Gasteiger partial charge in [0.2, 0.25) is 0 Å². The van der Waals surface area contributed by atoms with Crippen LogP contribution in [0, 0.1) is 11.8 Å². The van der Waals surface area contributed by atoms with E-state index in [4.69, 9.17) is 16.7 Å². The first-order valence-electron chi connectivity index (χ1n) is 5.80. The van der Waals surface area contributed by atoms with E-state index in [2.05, 4.69) is 11.8 Å². The van der Waals surface area contributed by atoms with Crippen LogP contribution in [0.5, 0.6) is 0 Å². The normalized spacial score (nSPS) is 13.7. The van der Waals surface area contributed by atoms with Crippen molar-refractivity contribution in [1.82, 2.24) is 4.90 Å². The molecule has 0 atom stereocenters. The first-order chi connectivity index (χ1) is 8.63. The minimum Gasteiger partial charge on any atom is -0.384 e. The molecule has 1 aromatic carbocycles. The van der Waals surface area contributed by atoms with E-state index in [1.54, 1.807) is 23.1 Å². The van der Waals surface area contributed by atoms with E-state index < -0.39 is 0 Å². The number of hydrogen-bond donors (Lipinski definition) is 1. The highest BCUT2D eigenvalue weighted by Gasteiger charge is 2.30. The molecule has 0 radical (unpaired) electrons. The summed E-state index contributed by atoms with van der Waals surface area (Å²) in [6.07, 6.45) is 2.16. The summed E-state index contributed by atoms with van der Waals surface area (Å²) in [6.45, 7) is -0.207. The van der Waals surface area contributed by atoms with E-state index >= 15 is 0 Å². The molecule has 1 N–H and O–H groups in total. The molecule has 0 heterocycles. The van der Waals surface area contributed by atoms with Crippen LogP contribution in [-0.4, -0.2) is 35.6 Å². The van der Waals surface area contributed by atoms with Gasteiger partial charge >= 0.3 is 0 Å². The van der Waals surface area contributed by atoms with Gasteiger partial charge in [0.25, 0.3) is 5.91 Å². The number of amides is 1. The van der Waals surface area contributed by atoms with Crippen molar-refractivity contribution in [1.29, 1.82) is 0 Å². The molecule has 4 heteroatoms. The summed E-state index contributed by atoms with van der Waals surface area (Å²) in [5.41, 5.74) is 1.19. The number of benzene rings is 1. The van der Waals surface area contributed by atoms with E-state index in [0.717, 1.165) is 12.8 Å². The molecule has 0 spiro atoms. The number of nitrogens with zero attached hydrogens (tertiary/aromatic N) is 1. The van der Waals surface area contributed by atoms with Gasteiger partial charge in [-0.15, -0.1) is 0 Å². The number of aliphatic hydroxyl groups excluding tert-OH is 1. The van der Waals surface area contributed by atoms with Crippen LogP contribution in [0.3, 0.4) is 0 Å². The smallest absolute Gasteiger partial charge is 0.253 e. The van der Waals surface area contributed by atoms with Crippen molar-refractivity contribution in [3.05, 3.63) is 34.3 Å². The molecule has 0 saturated heterocycles. The third-order valence-corrected chi connectivity index (χ3v) is 3.25. The SMILES string of the molecule is CN(C(=O)c1ccc(C#CCO)c(Cl)c1)C1CC1. The third-order valence-electron chi connectivity index (χ3n) is 2.93. The highest BCUT2D eigenvalue weighted by molar-refractivity contribution is 6.32. The molecule has 1 fully saturated rings. The average molecular weight is 264 g/mol. The summed E-state index contributed by atoms with van der Waals surface area (Å²) in [5.74, 6) is 5.25. The molecule has 1 saturated carbocycles. The highest BCUT2D eigenvalue weighted by atomic mass is 35.5. The van der Waals surface area contributed by atoms with E-state index in [1.807, 2.05) is 7.05 Å². The molecule has 1 aliphatic carbocycles. The van der Waals surface area contributed by atoms with Crippen LogP contribution < -0.4 is 0 Å². The number of carbonyl (C=O) groups excluding carboxylic acids is 1. The Morgan fingerprint density at radius 2 is 2.28 bits per heavy atom. The second-order valence-electron chi connectivity index (χ2n) is 4.30. The minimum absolute atomic E-state index is 0.0129. The van der Waals surface area contributed by atoms with Gasteiger partial charge < -0.3 is 10.0 Å². The van der Waals surface area contributed by atoms with Crippen molar-refractivity contribution in [3.8, 4) is 11.8 Å². The van der Waals surface area contributed by atoms with Crippen LogP contribution in [0.4, 0.5) is 0 Å². The maximum atomic E-state index is 12.1. The van der Waals surface area contributed by atoms with E-state index in [1.165, 1.54) is 0 Å². The lowest BCUT2D eigenvalue weighted by molar-refractivity contribution is 0.0785. The monoisotopic (exact) mass is 263 g/mol. The van der Waals surface area contributed by atoms with Crippen LogP contribution in [0.2, 0.25) is 5.02 Å². The lowest BCUT2D eigenvalue weighted by atomic mass is 10.1. The van der Waals surface area contributed by atoms with E-state index in [-0.39, 0.29) is 12.5 Å². The van der Waals surface area contributed by atoms with Crippen LogP contribution in [0.15, 0.2) is 18.2 Å². The van der Waals surface area contributed by atoms with Gasteiger partial charge in [-0.2, -0.15) is 0 Å². The molecular weight excluding hydrogens is 250 g/mol. The predicted octanol–water partition coefficient (Wildman–Crippen LogP) is 1.92. The summed E-state index contributed by atoms with van der Waals surface area (Å²) in [6, 6.07) is 5.43. The van der Waals surface area contributed by atoms with Crippen LogP contribution in [0.1, 0.15) is 28.8 Å². The minimum atomic E-state index is -0.207. The zero-order valence-electron chi connectivity index (χ0n) is 10.1. The molecule has 1 aliphatic rings. The largest absolute Gasteiger partial charge is 0.384 e. The number of hydrogen-bond acceptors (Lipinski definition) is 2. The van der Waals surface area contributed by atoms with Gasteiger partial charge in [-0.3, -0.25) is 4.79 Å². The first kappa shape index (κ1) is 12.9. The van der Waals surface area contributed by atoms with Crippen molar-refractivity contribution in [2.75, 3.05) is 13.7 Å². The molecule has 0 unspecified atom stereocenters. The molecule has 1 amide bonds. The van der Waals surface area contributed by atoms with Crippen molar-refractivity contribution in [2.45, 2.75) is 18.9 Å². The summed E-state index contributed by atoms with van der Waals surface area (Å²) in [5, 5.41) is 9.06. The first-order valence-corrected chi connectivity index (χ1v) is 6.17. The Labute approximate surface area is 111 Å². The van der Waals surface area contributed by atoms with Crippen molar-refractivity contribution >= 4 is 17.5 Å². The molecule has 18 heavy (non-hydrogen) atoms. The molecule has 0 bridgehead atoms. The van der Waals surface area contributed by atoms with Gasteiger partial charge in [-0.25, -0.2) is 0 Å². The van der Waals surface area contributed by atoms with Gasteiger partial charge in [0.15, 0.2) is 0 Å². The van der Waals surface area contributed by atoms with Crippen LogP contribution in [0.25, 0.3) is 0 Å². The topological polar surface area (TPSA) is 40.5 Å². The zero-order valence-corrected chi connectivity index (χ0v) is 10.9. The van der Waals surface area contributed by atoms with Crippen molar-refractivity contribution in [2.24, 2.45) is 0 Å². The fraction of sp³-hybridized carbons (Fsp3) is 0.357. The summed E-state index contributed by atoms with van der Waals surface area (Å²) >= 11 is 6.05. The number of rotatable bonds is 2. The van der Waals surface area contributed by atoms with Gasteiger partial charge in [0.1, 0.15) is 6.61 Å². The lowest BCUT2D eigenvalue weighted by Crippen LogP contribution is -2.28. The van der Waals surface area contributed by atoms with Crippen LogP contribution >= 0.6 is 11.6 Å². The second-order valence-corrected chi connectivity index (χ2v) is 4.71. The van der Waals surface area contributed by atoms with E-state index in [0.29, 0.717) is 22.2 Å². The summed E-state index contributed by atoms with van der Waals surface area (Å²) in [7, 11) is 1.81. The zero-order chi connectivity index (χ0) is 13.1. The Morgan fingerprint density at radius 3 is 2.83 bits per heavy atom.